The van der Waals surface area contributed by atoms with E-state index in [1.54, 1.807) is 0 Å². The Morgan fingerprint density at radius 2 is 1.95 bits per heavy atom. The lowest BCUT2D eigenvalue weighted by Gasteiger charge is -2.36. The fourth-order valence-electron chi connectivity index (χ4n) is 2.68. The summed E-state index contributed by atoms with van der Waals surface area (Å²) in [5, 5.41) is 12.2. The summed E-state index contributed by atoms with van der Waals surface area (Å²) in [6.07, 6.45) is 3.35. The number of carbonyl (C=O) groups excluding carboxylic acids is 1. The van der Waals surface area contributed by atoms with Crippen LogP contribution < -0.4 is 10.2 Å². The van der Waals surface area contributed by atoms with Crippen LogP contribution in [-0.2, 0) is 0 Å². The molecular weight excluding hydrogens is 276 g/mol. The first-order valence-corrected chi connectivity index (χ1v) is 8.03. The van der Waals surface area contributed by atoms with E-state index in [1.807, 2.05) is 29.2 Å². The number of nitrogens with one attached hydrogen (secondary N) is 1. The van der Waals surface area contributed by atoms with Crippen LogP contribution >= 0.6 is 0 Å². The highest BCUT2D eigenvalue weighted by Crippen LogP contribution is 2.20. The molecule has 5 heteroatoms. The molecule has 0 unspecified atom stereocenters. The van der Waals surface area contributed by atoms with Gasteiger partial charge in [-0.3, -0.25) is 0 Å². The van der Waals surface area contributed by atoms with E-state index in [1.165, 1.54) is 0 Å². The van der Waals surface area contributed by atoms with E-state index in [4.69, 9.17) is 0 Å². The lowest BCUT2D eigenvalue weighted by molar-refractivity contribution is 0.194. The molecule has 2 amide bonds. The fraction of sp³-hybridized carbons (Fsp3) is 0.529. The highest BCUT2D eigenvalue weighted by molar-refractivity contribution is 5.74. The molecule has 1 N–H and O–H groups in total. The van der Waals surface area contributed by atoms with Crippen LogP contribution in [0.25, 0.3) is 0 Å². The number of para-hydroxylation sites is 1. The van der Waals surface area contributed by atoms with Crippen LogP contribution in [0.1, 0.15) is 31.7 Å². The van der Waals surface area contributed by atoms with Crippen LogP contribution in [-0.4, -0.2) is 43.7 Å². The molecule has 22 heavy (non-hydrogen) atoms. The third kappa shape index (κ3) is 4.14. The first kappa shape index (κ1) is 16.2. The predicted octanol–water partition coefficient (Wildman–Crippen LogP) is 2.58. The van der Waals surface area contributed by atoms with Crippen molar-refractivity contribution in [3.05, 3.63) is 29.8 Å². The van der Waals surface area contributed by atoms with Gasteiger partial charge in [-0.2, -0.15) is 5.26 Å². The molecule has 0 spiro atoms. The van der Waals surface area contributed by atoms with E-state index < -0.39 is 0 Å². The quantitative estimate of drug-likeness (QED) is 0.850. The van der Waals surface area contributed by atoms with E-state index in [0.717, 1.165) is 44.6 Å². The molecule has 1 saturated heterocycles. The second kappa shape index (κ2) is 8.28. The van der Waals surface area contributed by atoms with Crippen LogP contribution in [0.3, 0.4) is 0 Å². The first-order valence-electron chi connectivity index (χ1n) is 8.03. The van der Waals surface area contributed by atoms with Crippen LogP contribution in [0.5, 0.6) is 0 Å². The van der Waals surface area contributed by atoms with E-state index >= 15 is 0 Å². The number of carbonyl (C=O) groups is 1. The van der Waals surface area contributed by atoms with E-state index in [2.05, 4.69) is 23.2 Å². The third-order valence-electron chi connectivity index (χ3n) is 3.99. The Kier molecular flexibility index (Phi) is 6.08. The van der Waals surface area contributed by atoms with Gasteiger partial charge in [0.15, 0.2) is 0 Å². The van der Waals surface area contributed by atoms with Crippen molar-refractivity contribution < 1.29 is 4.79 Å². The minimum Gasteiger partial charge on any atom is -0.367 e. The Balaban J connectivity index is 1.83. The van der Waals surface area contributed by atoms with Gasteiger partial charge in [-0.25, -0.2) is 4.79 Å². The normalized spacial score (nSPS) is 14.5. The monoisotopic (exact) mass is 300 g/mol. The van der Waals surface area contributed by atoms with Gasteiger partial charge in [-0.05, 0) is 18.6 Å². The molecule has 0 bridgehead atoms. The number of rotatable bonds is 5. The van der Waals surface area contributed by atoms with E-state index in [0.29, 0.717) is 18.7 Å². The summed E-state index contributed by atoms with van der Waals surface area (Å²) < 4.78 is 0. The van der Waals surface area contributed by atoms with Crippen LogP contribution in [0, 0.1) is 11.3 Å². The zero-order chi connectivity index (χ0) is 15.8. The maximum absolute atomic E-state index is 12.1. The third-order valence-corrected chi connectivity index (χ3v) is 3.99. The SMILES string of the molecule is CCCCCNC(=O)N1CCN(c2ccccc2C#N)CC1. The standard InChI is InChI=1S/C17H24N4O/c1-2-3-6-9-19-17(22)21-12-10-20(11-13-21)16-8-5-4-7-15(16)14-18/h4-5,7-8H,2-3,6,9-13H2,1H3,(H,19,22). The molecule has 0 radical (unpaired) electrons. The molecule has 0 aliphatic carbocycles. The van der Waals surface area contributed by atoms with E-state index in [9.17, 15) is 10.1 Å². The van der Waals surface area contributed by atoms with Gasteiger partial charge in [0, 0.05) is 32.7 Å². The Morgan fingerprint density at radius 3 is 2.64 bits per heavy atom. The molecule has 0 saturated carbocycles. The number of unbranched alkanes of at least 4 members (excludes halogenated alkanes) is 2. The molecule has 1 aliphatic rings. The minimum absolute atomic E-state index is 0.0318. The Bertz CT molecular complexity index is 530. The number of urea groups is 1. The number of nitrogens with zero attached hydrogens (tertiary/aromatic N) is 3. The van der Waals surface area contributed by atoms with Crippen LogP contribution in [0.15, 0.2) is 24.3 Å². The van der Waals surface area contributed by atoms with Crippen molar-refractivity contribution in [2.24, 2.45) is 0 Å². The summed E-state index contributed by atoms with van der Waals surface area (Å²) in [6.45, 7) is 5.82. The largest absolute Gasteiger partial charge is 0.367 e. The van der Waals surface area contributed by atoms with Crippen LogP contribution in [0.2, 0.25) is 0 Å². The topological polar surface area (TPSA) is 59.4 Å². The number of nitriles is 1. The molecule has 1 heterocycles. The lowest BCUT2D eigenvalue weighted by Crippen LogP contribution is -2.52. The molecule has 0 aromatic heterocycles. The molecule has 1 fully saturated rings. The number of benzene rings is 1. The molecule has 1 aliphatic heterocycles. The van der Waals surface area contributed by atoms with Crippen molar-refractivity contribution in [1.29, 1.82) is 5.26 Å². The lowest BCUT2D eigenvalue weighted by atomic mass is 10.1. The van der Waals surface area contributed by atoms with Crippen molar-refractivity contribution in [3.63, 3.8) is 0 Å². The molecule has 5 nitrogen and oxygen atoms in total. The van der Waals surface area contributed by atoms with Crippen LogP contribution in [0.4, 0.5) is 10.5 Å². The summed E-state index contributed by atoms with van der Waals surface area (Å²) in [5.41, 5.74) is 1.66. The summed E-state index contributed by atoms with van der Waals surface area (Å²) in [6, 6.07) is 9.90. The zero-order valence-corrected chi connectivity index (χ0v) is 13.2. The second-order valence-corrected chi connectivity index (χ2v) is 5.54. The number of amides is 2. The summed E-state index contributed by atoms with van der Waals surface area (Å²) in [7, 11) is 0. The van der Waals surface area contributed by atoms with Gasteiger partial charge in [0.2, 0.25) is 0 Å². The molecule has 0 atom stereocenters. The molecule has 2 rings (SSSR count). The van der Waals surface area contributed by atoms with Gasteiger partial charge < -0.3 is 15.1 Å². The second-order valence-electron chi connectivity index (χ2n) is 5.54. The first-order chi connectivity index (χ1) is 10.8. The van der Waals surface area contributed by atoms with Crippen molar-refractivity contribution in [1.82, 2.24) is 10.2 Å². The molecule has 1 aromatic rings. The maximum atomic E-state index is 12.1. The Hall–Kier alpha value is -2.22. The average molecular weight is 300 g/mol. The Labute approximate surface area is 132 Å². The highest BCUT2D eigenvalue weighted by Gasteiger charge is 2.22. The van der Waals surface area contributed by atoms with Gasteiger partial charge in [-0.15, -0.1) is 0 Å². The van der Waals surface area contributed by atoms with Gasteiger partial charge in [0.25, 0.3) is 0 Å². The smallest absolute Gasteiger partial charge is 0.317 e. The molecule has 118 valence electrons. The Morgan fingerprint density at radius 1 is 1.23 bits per heavy atom. The van der Waals surface area contributed by atoms with Gasteiger partial charge in [0.1, 0.15) is 6.07 Å². The molecule has 1 aromatic carbocycles. The van der Waals surface area contributed by atoms with Gasteiger partial charge in [-0.1, -0.05) is 31.9 Å². The van der Waals surface area contributed by atoms with Gasteiger partial charge in [0.05, 0.1) is 11.3 Å². The zero-order valence-electron chi connectivity index (χ0n) is 13.2. The number of anilines is 1. The summed E-state index contributed by atoms with van der Waals surface area (Å²) >= 11 is 0. The number of hydrogen-bond acceptors (Lipinski definition) is 3. The van der Waals surface area contributed by atoms with Gasteiger partial charge >= 0.3 is 6.03 Å². The van der Waals surface area contributed by atoms with Crippen molar-refractivity contribution in [2.75, 3.05) is 37.6 Å². The highest BCUT2D eigenvalue weighted by atomic mass is 16.2. The average Bonchev–Trinajstić information content (AvgIpc) is 2.58. The summed E-state index contributed by atoms with van der Waals surface area (Å²) in [4.78, 5) is 16.1. The molecular formula is C17H24N4O. The maximum Gasteiger partial charge on any atom is 0.317 e. The number of hydrogen-bond donors (Lipinski definition) is 1. The predicted molar refractivity (Wildman–Crippen MR) is 87.9 cm³/mol. The summed E-state index contributed by atoms with van der Waals surface area (Å²) in [5.74, 6) is 0. The minimum atomic E-state index is 0.0318. The fourth-order valence-corrected chi connectivity index (χ4v) is 2.68. The van der Waals surface area contributed by atoms with E-state index in [-0.39, 0.29) is 6.03 Å². The van der Waals surface area contributed by atoms with Crippen molar-refractivity contribution in [3.8, 4) is 6.07 Å². The number of piperazine rings is 1. The van der Waals surface area contributed by atoms with Crippen molar-refractivity contribution >= 4 is 11.7 Å². The van der Waals surface area contributed by atoms with Crippen molar-refractivity contribution in [2.45, 2.75) is 26.2 Å².